The van der Waals surface area contributed by atoms with Crippen LogP contribution in [0.3, 0.4) is 0 Å². The fourth-order valence-corrected chi connectivity index (χ4v) is 2.14. The third kappa shape index (κ3) is 3.69. The van der Waals surface area contributed by atoms with Gasteiger partial charge in [-0.25, -0.2) is 4.39 Å². The summed E-state index contributed by atoms with van der Waals surface area (Å²) in [6.07, 6.45) is 0. The van der Waals surface area contributed by atoms with E-state index in [0.29, 0.717) is 15.7 Å². The number of hydrogen-bond acceptors (Lipinski definition) is 4. The van der Waals surface area contributed by atoms with Crippen molar-refractivity contribution in [2.24, 2.45) is 0 Å². The van der Waals surface area contributed by atoms with E-state index in [1.807, 2.05) is 0 Å². The van der Waals surface area contributed by atoms with Crippen LogP contribution in [0.1, 0.15) is 5.56 Å². The van der Waals surface area contributed by atoms with Crippen molar-refractivity contribution in [2.75, 3.05) is 12.4 Å². The maximum Gasteiger partial charge on any atom is 0.269 e. The fourth-order valence-electron chi connectivity index (χ4n) is 1.80. The maximum absolute atomic E-state index is 13.6. The lowest BCUT2D eigenvalue weighted by Gasteiger charge is -2.11. The first-order chi connectivity index (χ1) is 10.0. The molecule has 0 saturated carbocycles. The van der Waals surface area contributed by atoms with Crippen molar-refractivity contribution in [3.8, 4) is 5.75 Å². The summed E-state index contributed by atoms with van der Waals surface area (Å²) in [4.78, 5) is 10.3. The van der Waals surface area contributed by atoms with E-state index in [4.69, 9.17) is 4.74 Å². The Kier molecular flexibility index (Phi) is 4.74. The first kappa shape index (κ1) is 15.2. The molecule has 0 amide bonds. The third-order valence-corrected chi connectivity index (χ3v) is 3.34. The molecule has 0 aliphatic heterocycles. The highest BCUT2D eigenvalue weighted by molar-refractivity contribution is 9.10. The maximum atomic E-state index is 13.6. The molecule has 2 aromatic carbocycles. The van der Waals surface area contributed by atoms with Gasteiger partial charge in [-0.2, -0.15) is 0 Å². The average Bonchev–Trinajstić information content (AvgIpc) is 2.47. The number of nitrogens with one attached hydrogen (secondary N) is 1. The summed E-state index contributed by atoms with van der Waals surface area (Å²) >= 11 is 3.23. The number of hydrogen-bond donors (Lipinski definition) is 1. The van der Waals surface area contributed by atoms with E-state index in [2.05, 4.69) is 21.2 Å². The fraction of sp³-hybridized carbons (Fsp3) is 0.143. The van der Waals surface area contributed by atoms with Crippen molar-refractivity contribution < 1.29 is 14.1 Å². The Labute approximate surface area is 129 Å². The van der Waals surface area contributed by atoms with E-state index in [0.717, 1.165) is 0 Å². The molecule has 0 saturated heterocycles. The molecule has 0 heterocycles. The van der Waals surface area contributed by atoms with Gasteiger partial charge in [0, 0.05) is 34.9 Å². The van der Waals surface area contributed by atoms with E-state index >= 15 is 0 Å². The van der Waals surface area contributed by atoms with Gasteiger partial charge in [0.15, 0.2) is 11.6 Å². The average molecular weight is 355 g/mol. The number of anilines is 1. The molecule has 1 N–H and O–H groups in total. The van der Waals surface area contributed by atoms with E-state index < -0.39 is 10.7 Å². The van der Waals surface area contributed by atoms with Crippen molar-refractivity contribution in [3.63, 3.8) is 0 Å². The van der Waals surface area contributed by atoms with E-state index in [1.165, 1.54) is 24.3 Å². The third-order valence-electron chi connectivity index (χ3n) is 2.85. The van der Waals surface area contributed by atoms with Crippen LogP contribution in [-0.4, -0.2) is 12.0 Å². The van der Waals surface area contributed by atoms with Gasteiger partial charge < -0.3 is 10.1 Å². The molecule has 0 unspecified atom stereocenters. The zero-order chi connectivity index (χ0) is 15.4. The Hall–Kier alpha value is -2.15. The van der Waals surface area contributed by atoms with E-state index in [-0.39, 0.29) is 18.0 Å². The lowest BCUT2D eigenvalue weighted by molar-refractivity contribution is -0.384. The van der Waals surface area contributed by atoms with E-state index in [9.17, 15) is 14.5 Å². The van der Waals surface area contributed by atoms with Crippen LogP contribution in [0.5, 0.6) is 5.75 Å². The second-order valence-electron chi connectivity index (χ2n) is 4.21. The number of rotatable bonds is 5. The van der Waals surface area contributed by atoms with Crippen LogP contribution in [0.25, 0.3) is 0 Å². The van der Waals surface area contributed by atoms with Gasteiger partial charge in [0.1, 0.15) is 6.61 Å². The SMILES string of the molecule is CNc1ccc([N+](=O)[O-])cc1COc1cc(Br)ccc1F. The molecule has 2 rings (SSSR count). The molecule has 0 aromatic heterocycles. The lowest BCUT2D eigenvalue weighted by atomic mass is 10.1. The van der Waals surface area contributed by atoms with Crippen molar-refractivity contribution in [3.05, 3.63) is 62.4 Å². The summed E-state index contributed by atoms with van der Waals surface area (Å²) < 4.78 is 19.7. The van der Waals surface area contributed by atoms with Crippen LogP contribution in [-0.2, 0) is 6.61 Å². The molecular formula is C14H12BrFN2O3. The molecule has 0 aliphatic carbocycles. The second kappa shape index (κ2) is 6.53. The Morgan fingerprint density at radius 1 is 1.33 bits per heavy atom. The summed E-state index contributed by atoms with van der Waals surface area (Å²) in [5, 5.41) is 13.7. The van der Waals surface area contributed by atoms with Crippen LogP contribution < -0.4 is 10.1 Å². The first-order valence-corrected chi connectivity index (χ1v) is 6.83. The number of ether oxygens (including phenoxy) is 1. The zero-order valence-electron chi connectivity index (χ0n) is 11.1. The molecule has 110 valence electrons. The minimum atomic E-state index is -0.491. The topological polar surface area (TPSA) is 64.4 Å². The number of nitrogens with zero attached hydrogens (tertiary/aromatic N) is 1. The van der Waals surface area contributed by atoms with Gasteiger partial charge in [-0.1, -0.05) is 15.9 Å². The summed E-state index contributed by atoms with van der Waals surface area (Å²) in [7, 11) is 1.70. The quantitative estimate of drug-likeness (QED) is 0.647. The largest absolute Gasteiger partial charge is 0.486 e. The van der Waals surface area contributed by atoms with Crippen molar-refractivity contribution in [1.29, 1.82) is 0 Å². The monoisotopic (exact) mass is 354 g/mol. The van der Waals surface area contributed by atoms with Gasteiger partial charge in [0.2, 0.25) is 0 Å². The van der Waals surface area contributed by atoms with Crippen LogP contribution in [0.15, 0.2) is 40.9 Å². The van der Waals surface area contributed by atoms with Crippen LogP contribution in [0, 0.1) is 15.9 Å². The van der Waals surface area contributed by atoms with Gasteiger partial charge in [0.25, 0.3) is 5.69 Å². The molecule has 21 heavy (non-hydrogen) atoms. The van der Waals surface area contributed by atoms with Crippen LogP contribution >= 0.6 is 15.9 Å². The second-order valence-corrected chi connectivity index (χ2v) is 5.13. The smallest absolute Gasteiger partial charge is 0.269 e. The lowest BCUT2D eigenvalue weighted by Crippen LogP contribution is -2.03. The molecule has 0 radical (unpaired) electrons. The van der Waals surface area contributed by atoms with Crippen molar-refractivity contribution in [1.82, 2.24) is 0 Å². The Bertz CT molecular complexity index is 679. The molecule has 0 fully saturated rings. The summed E-state index contributed by atoms with van der Waals surface area (Å²) in [5.41, 5.74) is 1.23. The van der Waals surface area contributed by atoms with Crippen molar-refractivity contribution >= 4 is 27.3 Å². The number of halogens is 2. The molecule has 0 spiro atoms. The minimum Gasteiger partial charge on any atom is -0.486 e. The van der Waals surface area contributed by atoms with Gasteiger partial charge in [0.05, 0.1) is 4.92 Å². The Morgan fingerprint density at radius 2 is 2.10 bits per heavy atom. The van der Waals surface area contributed by atoms with Gasteiger partial charge in [-0.3, -0.25) is 10.1 Å². The number of nitro groups is 1. The molecule has 0 aliphatic rings. The predicted molar refractivity (Wildman–Crippen MR) is 81.1 cm³/mol. The van der Waals surface area contributed by atoms with Crippen LogP contribution in [0.2, 0.25) is 0 Å². The van der Waals surface area contributed by atoms with Gasteiger partial charge in [-0.15, -0.1) is 0 Å². The standard InChI is InChI=1S/C14H12BrFN2O3/c1-17-13-5-3-11(18(19)20)6-9(13)8-21-14-7-10(15)2-4-12(14)16/h2-7,17H,8H2,1H3. The molecule has 2 aromatic rings. The predicted octanol–water partition coefficient (Wildman–Crippen LogP) is 4.12. The highest BCUT2D eigenvalue weighted by Gasteiger charge is 2.12. The van der Waals surface area contributed by atoms with Gasteiger partial charge >= 0.3 is 0 Å². The van der Waals surface area contributed by atoms with Crippen LogP contribution in [0.4, 0.5) is 15.8 Å². The highest BCUT2D eigenvalue weighted by Crippen LogP contribution is 2.26. The first-order valence-electron chi connectivity index (χ1n) is 6.04. The molecular weight excluding hydrogens is 343 g/mol. The molecule has 7 heteroatoms. The Morgan fingerprint density at radius 3 is 2.76 bits per heavy atom. The summed E-state index contributed by atoms with van der Waals surface area (Å²) in [5.74, 6) is -0.410. The molecule has 0 atom stereocenters. The molecule has 5 nitrogen and oxygen atoms in total. The Balaban J connectivity index is 2.24. The van der Waals surface area contributed by atoms with E-state index in [1.54, 1.807) is 19.2 Å². The van der Waals surface area contributed by atoms with Gasteiger partial charge in [-0.05, 0) is 24.3 Å². The summed E-state index contributed by atoms with van der Waals surface area (Å²) in [6, 6.07) is 8.75. The minimum absolute atomic E-state index is 0.0191. The number of benzene rings is 2. The number of non-ortho nitro benzene ring substituents is 1. The molecule has 0 bridgehead atoms. The zero-order valence-corrected chi connectivity index (χ0v) is 12.7. The summed E-state index contributed by atoms with van der Waals surface area (Å²) in [6.45, 7) is 0.0191. The number of nitro benzene ring substituents is 1. The van der Waals surface area contributed by atoms with Crippen molar-refractivity contribution in [2.45, 2.75) is 6.61 Å². The highest BCUT2D eigenvalue weighted by atomic mass is 79.9. The normalized spacial score (nSPS) is 10.2.